The van der Waals surface area contributed by atoms with Crippen LogP contribution in [0, 0.1) is 0 Å². The second-order valence-electron chi connectivity index (χ2n) is 4.81. The average Bonchev–Trinajstić information content (AvgIpc) is 2.48. The van der Waals surface area contributed by atoms with Crippen molar-refractivity contribution in [2.45, 2.75) is 19.4 Å². The van der Waals surface area contributed by atoms with Gasteiger partial charge < -0.3 is 19.7 Å². The highest BCUT2D eigenvalue weighted by atomic mass is 16.5. The third-order valence-electron chi connectivity index (χ3n) is 3.26. The van der Waals surface area contributed by atoms with Gasteiger partial charge in [-0.15, -0.1) is 0 Å². The first-order valence-corrected chi connectivity index (χ1v) is 6.96. The van der Waals surface area contributed by atoms with E-state index in [9.17, 15) is 9.59 Å². The van der Waals surface area contributed by atoms with Gasteiger partial charge in [-0.25, -0.2) is 0 Å². The first kappa shape index (κ1) is 15.3. The number of para-hydroxylation sites is 2. The van der Waals surface area contributed by atoms with Gasteiger partial charge in [0.2, 0.25) is 5.91 Å². The second-order valence-corrected chi connectivity index (χ2v) is 4.81. The Morgan fingerprint density at radius 2 is 2.19 bits per heavy atom. The maximum absolute atomic E-state index is 12.2. The summed E-state index contributed by atoms with van der Waals surface area (Å²) in [4.78, 5) is 25.5. The molecule has 1 aromatic carbocycles. The first-order valence-electron chi connectivity index (χ1n) is 6.96. The van der Waals surface area contributed by atoms with E-state index in [1.165, 1.54) is 0 Å². The van der Waals surface area contributed by atoms with Gasteiger partial charge in [-0.2, -0.15) is 0 Å². The first-order chi connectivity index (χ1) is 10.1. The third-order valence-corrected chi connectivity index (χ3v) is 3.26. The molecular formula is C15H20N2O4. The maximum Gasteiger partial charge on any atom is 0.267 e. The zero-order valence-corrected chi connectivity index (χ0v) is 12.3. The molecule has 2 rings (SSSR count). The summed E-state index contributed by atoms with van der Waals surface area (Å²) in [7, 11) is 1.58. The quantitative estimate of drug-likeness (QED) is 0.793. The van der Waals surface area contributed by atoms with Gasteiger partial charge in [-0.1, -0.05) is 12.1 Å². The summed E-state index contributed by atoms with van der Waals surface area (Å²) in [6.07, 6.45) is -0.285. The molecule has 1 atom stereocenters. The van der Waals surface area contributed by atoms with Gasteiger partial charge in [0.15, 0.2) is 6.10 Å². The minimum atomic E-state index is -0.531. The lowest BCUT2D eigenvalue weighted by Crippen LogP contribution is -2.45. The highest BCUT2D eigenvalue weighted by Gasteiger charge is 2.31. The molecule has 21 heavy (non-hydrogen) atoms. The second kappa shape index (κ2) is 7.08. The fourth-order valence-electron chi connectivity index (χ4n) is 2.18. The standard InChI is InChI=1S/C15H20N2O4/c1-11-15(19)17(9-7-14(18)16-8-10-20-2)12-5-3-4-6-13(12)21-11/h3-6,11H,7-10H2,1-2H3,(H,16,18). The van der Waals surface area contributed by atoms with Gasteiger partial charge in [0.05, 0.1) is 12.3 Å². The summed E-state index contributed by atoms with van der Waals surface area (Å²) in [6.45, 7) is 2.99. The number of fused-ring (bicyclic) bond motifs is 1. The van der Waals surface area contributed by atoms with E-state index in [1.54, 1.807) is 18.9 Å². The Balaban J connectivity index is 1.98. The van der Waals surface area contributed by atoms with E-state index in [0.717, 1.165) is 0 Å². The molecule has 0 bridgehead atoms. The summed E-state index contributed by atoms with van der Waals surface area (Å²) >= 11 is 0. The fourth-order valence-corrected chi connectivity index (χ4v) is 2.18. The van der Waals surface area contributed by atoms with Crippen LogP contribution in [0.15, 0.2) is 24.3 Å². The number of carbonyl (C=O) groups excluding carboxylic acids is 2. The summed E-state index contributed by atoms with van der Waals surface area (Å²) in [5.41, 5.74) is 0.713. The van der Waals surface area contributed by atoms with Gasteiger partial charge in [0.25, 0.3) is 5.91 Å². The van der Waals surface area contributed by atoms with Crippen LogP contribution >= 0.6 is 0 Å². The molecule has 0 aliphatic carbocycles. The molecule has 6 nitrogen and oxygen atoms in total. The van der Waals surface area contributed by atoms with Crippen molar-refractivity contribution in [2.75, 3.05) is 31.7 Å². The van der Waals surface area contributed by atoms with Gasteiger partial charge in [-0.05, 0) is 19.1 Å². The Bertz CT molecular complexity index is 518. The molecule has 0 saturated heterocycles. The lowest BCUT2D eigenvalue weighted by Gasteiger charge is -2.32. The maximum atomic E-state index is 12.2. The van der Waals surface area contributed by atoms with Gasteiger partial charge >= 0.3 is 0 Å². The van der Waals surface area contributed by atoms with Crippen LogP contribution in [0.3, 0.4) is 0 Å². The van der Waals surface area contributed by atoms with E-state index in [4.69, 9.17) is 9.47 Å². The number of amides is 2. The number of hydrogen-bond donors (Lipinski definition) is 1. The summed E-state index contributed by atoms with van der Waals surface area (Å²) in [5, 5.41) is 2.74. The largest absolute Gasteiger partial charge is 0.479 e. The fraction of sp³-hybridized carbons (Fsp3) is 0.467. The number of benzene rings is 1. The van der Waals surface area contributed by atoms with Crippen LogP contribution in [0.4, 0.5) is 5.69 Å². The van der Waals surface area contributed by atoms with E-state index in [0.29, 0.717) is 31.1 Å². The number of carbonyl (C=O) groups is 2. The summed E-state index contributed by atoms with van der Waals surface area (Å²) in [5.74, 6) is 0.444. The van der Waals surface area contributed by atoms with E-state index < -0.39 is 6.10 Å². The van der Waals surface area contributed by atoms with Crippen LogP contribution in [0.1, 0.15) is 13.3 Å². The van der Waals surface area contributed by atoms with Crippen molar-refractivity contribution in [3.8, 4) is 5.75 Å². The van der Waals surface area contributed by atoms with Crippen molar-refractivity contribution >= 4 is 17.5 Å². The summed E-state index contributed by atoms with van der Waals surface area (Å²) in [6, 6.07) is 7.35. The SMILES string of the molecule is COCCNC(=O)CCN1C(=O)C(C)Oc2ccccc21. The van der Waals surface area contributed by atoms with E-state index in [-0.39, 0.29) is 18.2 Å². The van der Waals surface area contributed by atoms with Crippen molar-refractivity contribution in [3.05, 3.63) is 24.3 Å². The Morgan fingerprint density at radius 1 is 1.43 bits per heavy atom. The topological polar surface area (TPSA) is 67.9 Å². The number of anilines is 1. The zero-order chi connectivity index (χ0) is 15.2. The predicted octanol–water partition coefficient (Wildman–Crippen LogP) is 0.953. The van der Waals surface area contributed by atoms with Crippen molar-refractivity contribution in [3.63, 3.8) is 0 Å². The van der Waals surface area contributed by atoms with Gasteiger partial charge in [0.1, 0.15) is 5.75 Å². The molecule has 0 radical (unpaired) electrons. The van der Waals surface area contributed by atoms with Crippen molar-refractivity contribution in [2.24, 2.45) is 0 Å². The molecule has 2 amide bonds. The molecule has 114 valence electrons. The Morgan fingerprint density at radius 3 is 2.95 bits per heavy atom. The number of hydrogen-bond acceptors (Lipinski definition) is 4. The van der Waals surface area contributed by atoms with Crippen LogP contribution in [0.25, 0.3) is 0 Å². The molecule has 1 aliphatic rings. The van der Waals surface area contributed by atoms with E-state index in [2.05, 4.69) is 5.32 Å². The number of methoxy groups -OCH3 is 1. The minimum Gasteiger partial charge on any atom is -0.479 e. The predicted molar refractivity (Wildman–Crippen MR) is 78.4 cm³/mol. The normalized spacial score (nSPS) is 17.1. The molecule has 0 saturated carbocycles. The van der Waals surface area contributed by atoms with Crippen LogP contribution < -0.4 is 15.0 Å². The molecule has 1 heterocycles. The molecule has 1 N–H and O–H groups in total. The molecular weight excluding hydrogens is 272 g/mol. The molecule has 0 fully saturated rings. The zero-order valence-electron chi connectivity index (χ0n) is 12.3. The lowest BCUT2D eigenvalue weighted by atomic mass is 10.1. The number of nitrogens with one attached hydrogen (secondary N) is 1. The number of nitrogens with zero attached hydrogens (tertiary/aromatic N) is 1. The monoisotopic (exact) mass is 292 g/mol. The Labute approximate surface area is 124 Å². The van der Waals surface area contributed by atoms with Gasteiger partial charge in [0, 0.05) is 26.6 Å². The van der Waals surface area contributed by atoms with Crippen molar-refractivity contribution in [1.82, 2.24) is 5.32 Å². The Hall–Kier alpha value is -2.08. The van der Waals surface area contributed by atoms with Crippen molar-refractivity contribution < 1.29 is 19.1 Å². The highest BCUT2D eigenvalue weighted by molar-refractivity contribution is 6.00. The Kier molecular flexibility index (Phi) is 5.16. The third kappa shape index (κ3) is 3.72. The van der Waals surface area contributed by atoms with Crippen LogP contribution in [0.2, 0.25) is 0 Å². The van der Waals surface area contributed by atoms with Crippen LogP contribution in [-0.4, -0.2) is 44.7 Å². The minimum absolute atomic E-state index is 0.100. The molecule has 1 unspecified atom stereocenters. The number of ether oxygens (including phenoxy) is 2. The van der Waals surface area contributed by atoms with Crippen LogP contribution in [-0.2, 0) is 14.3 Å². The van der Waals surface area contributed by atoms with Crippen molar-refractivity contribution in [1.29, 1.82) is 0 Å². The lowest BCUT2D eigenvalue weighted by molar-refractivity contribution is -0.125. The molecule has 1 aromatic rings. The summed E-state index contributed by atoms with van der Waals surface area (Å²) < 4.78 is 10.4. The van der Waals surface area contributed by atoms with Gasteiger partial charge in [-0.3, -0.25) is 9.59 Å². The smallest absolute Gasteiger partial charge is 0.267 e. The molecule has 6 heteroatoms. The number of rotatable bonds is 6. The highest BCUT2D eigenvalue weighted by Crippen LogP contribution is 2.33. The molecule has 1 aliphatic heterocycles. The molecule has 0 spiro atoms. The molecule has 0 aromatic heterocycles. The van der Waals surface area contributed by atoms with E-state index >= 15 is 0 Å². The van der Waals surface area contributed by atoms with Crippen LogP contribution in [0.5, 0.6) is 5.75 Å². The average molecular weight is 292 g/mol. The van der Waals surface area contributed by atoms with E-state index in [1.807, 2.05) is 24.3 Å².